The Morgan fingerprint density at radius 1 is 1.17 bits per heavy atom. The molecule has 0 unspecified atom stereocenters. The number of furan rings is 1. The van der Waals surface area contributed by atoms with Crippen molar-refractivity contribution in [2.24, 2.45) is 10.1 Å². The summed E-state index contributed by atoms with van der Waals surface area (Å²) in [6, 6.07) is 12.0. The molecule has 0 spiro atoms. The third-order valence-electron chi connectivity index (χ3n) is 3.45. The summed E-state index contributed by atoms with van der Waals surface area (Å²) in [7, 11) is 0. The Bertz CT molecular complexity index is 925. The number of hydrazone groups is 1. The first kappa shape index (κ1) is 13.9. The summed E-state index contributed by atoms with van der Waals surface area (Å²) in [6.45, 7) is 1.86. The molecule has 3 aromatic rings. The topological polar surface area (TPSA) is 49.9 Å². The van der Waals surface area contributed by atoms with E-state index in [1.807, 2.05) is 36.6 Å². The lowest BCUT2D eigenvalue weighted by atomic mass is 10.1. The Balaban J connectivity index is 1.89. The molecular weight excluding hydrogens is 313 g/mol. The highest BCUT2D eigenvalue weighted by atomic mass is 32.1. The molecule has 0 fully saturated rings. The zero-order valence-electron chi connectivity index (χ0n) is 12.2. The van der Waals surface area contributed by atoms with Crippen LogP contribution in [0, 0.1) is 12.7 Å². The number of amidine groups is 1. The van der Waals surface area contributed by atoms with E-state index < -0.39 is 0 Å². The molecule has 2 aromatic heterocycles. The van der Waals surface area contributed by atoms with Gasteiger partial charge in [0.15, 0.2) is 11.6 Å². The number of nitrogens with zero attached hydrogens (tertiary/aromatic N) is 2. The zero-order valence-corrected chi connectivity index (χ0v) is 13.0. The summed E-state index contributed by atoms with van der Waals surface area (Å²) in [4.78, 5) is 5.56. The maximum Gasteiger partial charge on any atom is 0.164 e. The molecule has 4 rings (SSSR count). The van der Waals surface area contributed by atoms with Crippen LogP contribution in [0.2, 0.25) is 0 Å². The number of fused-ring (bicyclic) bond motifs is 1. The molecule has 23 heavy (non-hydrogen) atoms. The van der Waals surface area contributed by atoms with Gasteiger partial charge in [-0.05, 0) is 48.7 Å². The SMILES string of the molecule is Cc1ccc(C2=NNC(c3cccs3)=Nc3ccc(F)cc32)o1. The summed E-state index contributed by atoms with van der Waals surface area (Å²) in [5.41, 5.74) is 4.75. The molecule has 0 bridgehead atoms. The van der Waals surface area contributed by atoms with Crippen molar-refractivity contribution < 1.29 is 8.81 Å². The van der Waals surface area contributed by atoms with Gasteiger partial charge in [-0.1, -0.05) is 6.07 Å². The number of aliphatic imine (C=N–C) groups is 1. The van der Waals surface area contributed by atoms with Gasteiger partial charge >= 0.3 is 0 Å². The minimum absolute atomic E-state index is 0.338. The first-order valence-electron chi connectivity index (χ1n) is 7.04. The lowest BCUT2D eigenvalue weighted by molar-refractivity contribution is 0.525. The van der Waals surface area contributed by atoms with Gasteiger partial charge in [-0.2, -0.15) is 5.10 Å². The number of halogens is 1. The van der Waals surface area contributed by atoms with Crippen LogP contribution in [0.15, 0.2) is 62.4 Å². The van der Waals surface area contributed by atoms with Crippen molar-refractivity contribution in [2.45, 2.75) is 6.92 Å². The summed E-state index contributed by atoms with van der Waals surface area (Å²) in [5, 5.41) is 6.38. The molecule has 6 heteroatoms. The molecule has 0 saturated heterocycles. The fraction of sp³-hybridized carbons (Fsp3) is 0.0588. The largest absolute Gasteiger partial charge is 0.460 e. The molecular formula is C17H12FN3OS. The Kier molecular flexibility index (Phi) is 3.31. The van der Waals surface area contributed by atoms with E-state index in [-0.39, 0.29) is 5.82 Å². The number of nitrogens with one attached hydrogen (secondary N) is 1. The second-order valence-electron chi connectivity index (χ2n) is 5.08. The highest BCUT2D eigenvalue weighted by molar-refractivity contribution is 7.12. The maximum absolute atomic E-state index is 13.7. The van der Waals surface area contributed by atoms with E-state index in [2.05, 4.69) is 15.5 Å². The molecule has 1 aliphatic rings. The van der Waals surface area contributed by atoms with Crippen LogP contribution in [0.3, 0.4) is 0 Å². The van der Waals surface area contributed by atoms with Gasteiger partial charge in [0.05, 0.1) is 10.6 Å². The molecule has 1 aromatic carbocycles. The zero-order chi connectivity index (χ0) is 15.8. The smallest absolute Gasteiger partial charge is 0.164 e. The Hall–Kier alpha value is -2.73. The monoisotopic (exact) mass is 325 g/mol. The average Bonchev–Trinajstić information content (AvgIpc) is 3.17. The van der Waals surface area contributed by atoms with Crippen LogP contribution in [0.5, 0.6) is 0 Å². The lowest BCUT2D eigenvalue weighted by Crippen LogP contribution is -2.18. The number of thiophene rings is 1. The van der Waals surface area contributed by atoms with Crippen LogP contribution in [-0.2, 0) is 0 Å². The normalized spacial score (nSPS) is 13.7. The van der Waals surface area contributed by atoms with Crippen LogP contribution in [0.4, 0.5) is 10.1 Å². The summed E-state index contributed by atoms with van der Waals surface area (Å²) in [5.74, 6) is 1.63. The Labute approximate surface area is 136 Å². The highest BCUT2D eigenvalue weighted by Crippen LogP contribution is 2.27. The molecule has 0 aliphatic carbocycles. The molecule has 0 atom stereocenters. The summed E-state index contributed by atoms with van der Waals surface area (Å²) >= 11 is 1.56. The van der Waals surface area contributed by atoms with E-state index in [1.54, 1.807) is 17.4 Å². The van der Waals surface area contributed by atoms with Gasteiger partial charge in [0.1, 0.15) is 17.3 Å². The molecule has 3 heterocycles. The summed E-state index contributed by atoms with van der Waals surface area (Å²) in [6.07, 6.45) is 0. The Morgan fingerprint density at radius 2 is 2.09 bits per heavy atom. The number of hydrogen-bond donors (Lipinski definition) is 1. The third-order valence-corrected chi connectivity index (χ3v) is 4.32. The first-order valence-corrected chi connectivity index (χ1v) is 7.92. The minimum atomic E-state index is -0.338. The second-order valence-corrected chi connectivity index (χ2v) is 6.03. The van der Waals surface area contributed by atoms with Crippen LogP contribution < -0.4 is 5.43 Å². The fourth-order valence-corrected chi connectivity index (χ4v) is 3.05. The fourth-order valence-electron chi connectivity index (χ4n) is 2.38. The lowest BCUT2D eigenvalue weighted by Gasteiger charge is -2.04. The minimum Gasteiger partial charge on any atom is -0.460 e. The predicted octanol–water partition coefficient (Wildman–Crippen LogP) is 4.22. The van der Waals surface area contributed by atoms with Crippen molar-refractivity contribution >= 4 is 28.6 Å². The van der Waals surface area contributed by atoms with Gasteiger partial charge in [-0.15, -0.1) is 11.3 Å². The van der Waals surface area contributed by atoms with E-state index in [4.69, 9.17) is 4.42 Å². The van der Waals surface area contributed by atoms with Crippen LogP contribution >= 0.6 is 11.3 Å². The van der Waals surface area contributed by atoms with E-state index >= 15 is 0 Å². The molecule has 1 aliphatic heterocycles. The van der Waals surface area contributed by atoms with Crippen LogP contribution in [0.25, 0.3) is 0 Å². The number of hydrogen-bond acceptors (Lipinski definition) is 5. The predicted molar refractivity (Wildman–Crippen MR) is 89.1 cm³/mol. The average molecular weight is 325 g/mol. The van der Waals surface area contributed by atoms with Gasteiger partial charge in [0.2, 0.25) is 0 Å². The third kappa shape index (κ3) is 2.57. The maximum atomic E-state index is 13.7. The molecule has 1 N–H and O–H groups in total. The molecule has 0 radical (unpaired) electrons. The van der Waals surface area contributed by atoms with E-state index in [0.717, 1.165) is 10.6 Å². The second kappa shape index (κ2) is 5.48. The first-order chi connectivity index (χ1) is 11.2. The Morgan fingerprint density at radius 3 is 2.83 bits per heavy atom. The molecule has 0 saturated carbocycles. The van der Waals surface area contributed by atoms with Crippen molar-refractivity contribution in [3.05, 3.63) is 75.6 Å². The number of benzene rings is 1. The van der Waals surface area contributed by atoms with Gasteiger partial charge in [0.25, 0.3) is 0 Å². The van der Waals surface area contributed by atoms with Gasteiger partial charge in [0, 0.05) is 5.56 Å². The van der Waals surface area contributed by atoms with Crippen molar-refractivity contribution in [3.63, 3.8) is 0 Å². The van der Waals surface area contributed by atoms with E-state index in [9.17, 15) is 4.39 Å². The van der Waals surface area contributed by atoms with E-state index in [1.165, 1.54) is 12.1 Å². The van der Waals surface area contributed by atoms with E-state index in [0.29, 0.717) is 28.6 Å². The standard InChI is InChI=1S/C17H12FN3OS/c1-10-4-7-14(22-10)16-12-9-11(18)5-6-13(12)19-17(21-20-16)15-3-2-8-23-15/h2-9H,1H3,(H,19,21). The highest BCUT2D eigenvalue weighted by Gasteiger charge is 2.20. The summed E-state index contributed by atoms with van der Waals surface area (Å²) < 4.78 is 19.4. The van der Waals surface area contributed by atoms with Crippen LogP contribution in [-0.4, -0.2) is 11.5 Å². The van der Waals surface area contributed by atoms with Crippen LogP contribution in [0.1, 0.15) is 22.0 Å². The van der Waals surface area contributed by atoms with Crippen molar-refractivity contribution in [1.29, 1.82) is 0 Å². The van der Waals surface area contributed by atoms with Crippen molar-refractivity contribution in [3.8, 4) is 0 Å². The van der Waals surface area contributed by atoms with Crippen molar-refractivity contribution in [1.82, 2.24) is 5.43 Å². The van der Waals surface area contributed by atoms with Gasteiger partial charge in [-0.3, -0.25) is 5.43 Å². The molecule has 0 amide bonds. The number of rotatable bonds is 2. The molecule has 114 valence electrons. The van der Waals surface area contributed by atoms with Gasteiger partial charge < -0.3 is 4.42 Å². The van der Waals surface area contributed by atoms with Gasteiger partial charge in [-0.25, -0.2) is 9.38 Å². The number of aryl methyl sites for hydroxylation is 1. The molecule has 4 nitrogen and oxygen atoms in total. The quantitative estimate of drug-likeness (QED) is 0.767. The van der Waals surface area contributed by atoms with Crippen molar-refractivity contribution in [2.75, 3.05) is 0 Å².